The van der Waals surface area contributed by atoms with Crippen molar-refractivity contribution in [2.45, 2.75) is 0 Å². The molecule has 19 heavy (non-hydrogen) atoms. The molecule has 3 aromatic rings. The van der Waals surface area contributed by atoms with Crippen LogP contribution in [-0.4, -0.2) is 14.9 Å². The summed E-state index contributed by atoms with van der Waals surface area (Å²) < 4.78 is 0. The molecule has 2 heterocycles. The highest BCUT2D eigenvalue weighted by Gasteiger charge is 2.16. The number of rotatable bonds is 2. The number of pyridine rings is 2. The van der Waals surface area contributed by atoms with E-state index >= 15 is 0 Å². The van der Waals surface area contributed by atoms with E-state index in [9.17, 15) is 10.1 Å². The molecule has 0 atom stereocenters. The highest BCUT2D eigenvalue weighted by atomic mass is 16.6. The minimum atomic E-state index is -0.385. The number of non-ortho nitro benzene ring substituents is 1. The summed E-state index contributed by atoms with van der Waals surface area (Å²) in [5.74, 6) is 0. The maximum Gasteiger partial charge on any atom is 0.279 e. The van der Waals surface area contributed by atoms with Crippen molar-refractivity contribution in [2.24, 2.45) is 0 Å². The van der Waals surface area contributed by atoms with Crippen LogP contribution in [0.4, 0.5) is 5.69 Å². The monoisotopic (exact) mass is 251 g/mol. The first-order valence-corrected chi connectivity index (χ1v) is 5.70. The smallest absolute Gasteiger partial charge is 0.264 e. The zero-order valence-corrected chi connectivity index (χ0v) is 9.85. The van der Waals surface area contributed by atoms with Gasteiger partial charge in [-0.1, -0.05) is 12.1 Å². The topological polar surface area (TPSA) is 68.9 Å². The van der Waals surface area contributed by atoms with E-state index in [-0.39, 0.29) is 10.6 Å². The average molecular weight is 251 g/mol. The van der Waals surface area contributed by atoms with Crippen molar-refractivity contribution >= 4 is 16.6 Å². The molecule has 92 valence electrons. The summed E-state index contributed by atoms with van der Waals surface area (Å²) in [4.78, 5) is 19.0. The van der Waals surface area contributed by atoms with Crippen molar-refractivity contribution in [1.82, 2.24) is 9.97 Å². The quantitative estimate of drug-likeness (QED) is 0.518. The van der Waals surface area contributed by atoms with Gasteiger partial charge in [-0.3, -0.25) is 20.1 Å². The van der Waals surface area contributed by atoms with Crippen LogP contribution in [0.5, 0.6) is 0 Å². The largest absolute Gasteiger partial charge is 0.279 e. The Bertz CT molecular complexity index is 752. The standard InChI is InChI=1S/C14H9N3O2/c18-17(19)13-5-1-4-12-14(13)11(6-8-16-12)10-3-2-7-15-9-10/h1-9H. The number of aromatic nitrogens is 2. The number of hydrogen-bond donors (Lipinski definition) is 0. The van der Waals surface area contributed by atoms with Gasteiger partial charge in [0.1, 0.15) is 0 Å². The fraction of sp³-hybridized carbons (Fsp3) is 0. The summed E-state index contributed by atoms with van der Waals surface area (Å²) in [6.07, 6.45) is 5.00. The molecule has 3 rings (SSSR count). The Morgan fingerprint density at radius 3 is 2.68 bits per heavy atom. The van der Waals surface area contributed by atoms with Gasteiger partial charge in [0.25, 0.3) is 5.69 Å². The minimum absolute atomic E-state index is 0.0597. The van der Waals surface area contributed by atoms with Crippen molar-refractivity contribution in [3.05, 3.63) is 65.1 Å². The van der Waals surface area contributed by atoms with Crippen molar-refractivity contribution in [3.8, 4) is 11.1 Å². The van der Waals surface area contributed by atoms with E-state index in [2.05, 4.69) is 9.97 Å². The summed E-state index contributed by atoms with van der Waals surface area (Å²) in [6.45, 7) is 0. The third kappa shape index (κ3) is 1.91. The maximum absolute atomic E-state index is 11.2. The number of fused-ring (bicyclic) bond motifs is 1. The van der Waals surface area contributed by atoms with Crippen LogP contribution in [0.3, 0.4) is 0 Å². The summed E-state index contributed by atoms with van der Waals surface area (Å²) >= 11 is 0. The molecule has 0 unspecified atom stereocenters. The fourth-order valence-electron chi connectivity index (χ4n) is 2.10. The third-order valence-corrected chi connectivity index (χ3v) is 2.91. The molecule has 5 nitrogen and oxygen atoms in total. The summed E-state index contributed by atoms with van der Waals surface area (Å²) in [6, 6.07) is 10.3. The van der Waals surface area contributed by atoms with Crippen molar-refractivity contribution in [2.75, 3.05) is 0 Å². The number of hydrogen-bond acceptors (Lipinski definition) is 4. The number of nitrogens with zero attached hydrogens (tertiary/aromatic N) is 3. The summed E-state index contributed by atoms with van der Waals surface area (Å²) in [7, 11) is 0. The molecule has 0 aliphatic rings. The lowest BCUT2D eigenvalue weighted by Crippen LogP contribution is -1.93. The number of nitro groups is 1. The molecule has 0 saturated carbocycles. The van der Waals surface area contributed by atoms with Gasteiger partial charge in [0.15, 0.2) is 0 Å². The first kappa shape index (κ1) is 11.3. The van der Waals surface area contributed by atoms with Crippen LogP contribution in [0.2, 0.25) is 0 Å². The normalized spacial score (nSPS) is 10.5. The van der Waals surface area contributed by atoms with Gasteiger partial charge in [-0.15, -0.1) is 0 Å². The summed E-state index contributed by atoms with van der Waals surface area (Å²) in [5, 5.41) is 11.7. The van der Waals surface area contributed by atoms with Crippen LogP contribution in [-0.2, 0) is 0 Å². The molecular formula is C14H9N3O2. The third-order valence-electron chi connectivity index (χ3n) is 2.91. The molecule has 1 aromatic carbocycles. The fourth-order valence-corrected chi connectivity index (χ4v) is 2.10. The van der Waals surface area contributed by atoms with Crippen LogP contribution >= 0.6 is 0 Å². The Hall–Kier alpha value is -2.82. The Balaban J connectivity index is 2.40. The van der Waals surface area contributed by atoms with Crippen molar-refractivity contribution < 1.29 is 4.92 Å². The van der Waals surface area contributed by atoms with E-state index in [4.69, 9.17) is 0 Å². The van der Waals surface area contributed by atoms with Gasteiger partial charge in [-0.05, 0) is 18.2 Å². The van der Waals surface area contributed by atoms with Crippen molar-refractivity contribution in [1.29, 1.82) is 0 Å². The summed E-state index contributed by atoms with van der Waals surface area (Å²) in [5.41, 5.74) is 2.27. The predicted octanol–water partition coefficient (Wildman–Crippen LogP) is 3.21. The number of nitro benzene ring substituents is 1. The lowest BCUT2D eigenvalue weighted by Gasteiger charge is -2.06. The zero-order chi connectivity index (χ0) is 13.2. The molecule has 0 radical (unpaired) electrons. The van der Waals surface area contributed by atoms with Crippen molar-refractivity contribution in [3.63, 3.8) is 0 Å². The molecule has 0 aliphatic carbocycles. The Morgan fingerprint density at radius 2 is 1.95 bits per heavy atom. The highest BCUT2D eigenvalue weighted by Crippen LogP contribution is 2.33. The molecule has 0 saturated heterocycles. The Kier molecular flexibility index (Phi) is 2.64. The molecule has 0 fully saturated rings. The van der Waals surface area contributed by atoms with Gasteiger partial charge in [0.2, 0.25) is 0 Å². The van der Waals surface area contributed by atoms with Crippen LogP contribution in [0.1, 0.15) is 0 Å². The van der Waals surface area contributed by atoms with Gasteiger partial charge in [-0.25, -0.2) is 0 Å². The second kappa shape index (κ2) is 4.45. The van der Waals surface area contributed by atoms with E-state index in [0.717, 1.165) is 11.1 Å². The first-order chi connectivity index (χ1) is 9.27. The Labute approximate surface area is 108 Å². The van der Waals surface area contributed by atoms with Gasteiger partial charge < -0.3 is 0 Å². The minimum Gasteiger partial charge on any atom is -0.264 e. The lowest BCUT2D eigenvalue weighted by atomic mass is 10.0. The molecule has 0 aliphatic heterocycles. The van der Waals surface area contributed by atoms with Gasteiger partial charge in [0.05, 0.1) is 15.8 Å². The molecule has 0 N–H and O–H groups in total. The second-order valence-corrected chi connectivity index (χ2v) is 4.03. The van der Waals surface area contributed by atoms with E-state index in [1.165, 1.54) is 6.07 Å². The average Bonchev–Trinajstić information content (AvgIpc) is 2.46. The van der Waals surface area contributed by atoms with Crippen LogP contribution < -0.4 is 0 Å². The first-order valence-electron chi connectivity index (χ1n) is 5.70. The SMILES string of the molecule is O=[N+]([O-])c1cccc2nccc(-c3cccnc3)c12. The van der Waals surface area contributed by atoms with Crippen LogP contribution in [0, 0.1) is 10.1 Å². The molecule has 0 amide bonds. The molecule has 5 heteroatoms. The zero-order valence-electron chi connectivity index (χ0n) is 9.85. The molecule has 0 spiro atoms. The Morgan fingerprint density at radius 1 is 1.05 bits per heavy atom. The number of benzene rings is 1. The van der Waals surface area contributed by atoms with Gasteiger partial charge >= 0.3 is 0 Å². The van der Waals surface area contributed by atoms with Crippen LogP contribution in [0.25, 0.3) is 22.0 Å². The highest BCUT2D eigenvalue weighted by molar-refractivity contribution is 6.00. The van der Waals surface area contributed by atoms with Gasteiger partial charge in [-0.2, -0.15) is 0 Å². The van der Waals surface area contributed by atoms with E-state index in [0.29, 0.717) is 10.9 Å². The molecular weight excluding hydrogens is 242 g/mol. The molecule has 0 bridgehead atoms. The second-order valence-electron chi connectivity index (χ2n) is 4.03. The predicted molar refractivity (Wildman–Crippen MR) is 71.6 cm³/mol. The van der Waals surface area contributed by atoms with Gasteiger partial charge in [0, 0.05) is 35.8 Å². The van der Waals surface area contributed by atoms with E-state index < -0.39 is 0 Å². The molecule has 2 aromatic heterocycles. The maximum atomic E-state index is 11.2. The lowest BCUT2D eigenvalue weighted by molar-refractivity contribution is -0.383. The van der Waals surface area contributed by atoms with E-state index in [1.54, 1.807) is 42.9 Å². The van der Waals surface area contributed by atoms with E-state index in [1.807, 2.05) is 6.07 Å². The van der Waals surface area contributed by atoms with Crippen LogP contribution in [0.15, 0.2) is 55.0 Å².